The van der Waals surface area contributed by atoms with Crippen LogP contribution >= 0.6 is 0 Å². The van der Waals surface area contributed by atoms with E-state index < -0.39 is 5.54 Å². The number of aliphatic hydroxyl groups is 1. The number of likely N-dealkylation sites (N-methyl/N-ethyl adjacent to an activating group) is 1. The summed E-state index contributed by atoms with van der Waals surface area (Å²) in [5.74, 6) is 0. The monoisotopic (exact) mass is 374 g/mol. The van der Waals surface area contributed by atoms with Crippen molar-refractivity contribution in [2.45, 2.75) is 18.5 Å². The molecule has 3 rings (SSSR count). The Kier molecular flexibility index (Phi) is 6.99. The topological polar surface area (TPSA) is 35.5 Å². The highest BCUT2D eigenvalue weighted by Crippen LogP contribution is 2.37. The standard InChI is InChI=1S/C25H30N2O/c1-3-27(2)19-24(20-28)26-25(21-13-7-4-8-14-21,22-15-9-5-10-16-22)23-17-11-6-12-18-23/h4-18,24,26,28H,3,19-20H2,1-2H3. The van der Waals surface area contributed by atoms with Crippen LogP contribution in [0.2, 0.25) is 0 Å². The van der Waals surface area contributed by atoms with E-state index >= 15 is 0 Å². The fraction of sp³-hybridized carbons (Fsp3) is 0.280. The Bertz CT molecular complexity index is 724. The third-order valence-corrected chi connectivity index (χ3v) is 5.33. The second kappa shape index (κ2) is 9.65. The number of hydrogen-bond acceptors (Lipinski definition) is 3. The van der Waals surface area contributed by atoms with Crippen LogP contribution in [0.3, 0.4) is 0 Å². The summed E-state index contributed by atoms with van der Waals surface area (Å²) in [7, 11) is 2.08. The maximum Gasteiger partial charge on any atom is 0.0951 e. The molecule has 0 aliphatic heterocycles. The minimum atomic E-state index is -0.550. The smallest absolute Gasteiger partial charge is 0.0951 e. The van der Waals surface area contributed by atoms with Crippen molar-refractivity contribution in [3.8, 4) is 0 Å². The molecular weight excluding hydrogens is 344 g/mol. The first-order valence-electron chi connectivity index (χ1n) is 9.94. The first-order chi connectivity index (χ1) is 13.7. The molecule has 3 heteroatoms. The van der Waals surface area contributed by atoms with Crippen molar-refractivity contribution >= 4 is 0 Å². The lowest BCUT2D eigenvalue weighted by atomic mass is 9.76. The summed E-state index contributed by atoms with van der Waals surface area (Å²) in [6.07, 6.45) is 0. The van der Waals surface area contributed by atoms with Crippen LogP contribution in [-0.2, 0) is 5.54 Å². The number of aliphatic hydroxyl groups excluding tert-OH is 1. The summed E-state index contributed by atoms with van der Waals surface area (Å²) in [5, 5.41) is 14.0. The molecule has 0 aliphatic rings. The van der Waals surface area contributed by atoms with Crippen LogP contribution < -0.4 is 5.32 Å². The van der Waals surface area contributed by atoms with Gasteiger partial charge in [0.05, 0.1) is 12.1 Å². The average Bonchev–Trinajstić information content (AvgIpc) is 2.78. The van der Waals surface area contributed by atoms with Crippen LogP contribution in [-0.4, -0.2) is 42.8 Å². The predicted octanol–water partition coefficient (Wildman–Crippen LogP) is 3.88. The largest absolute Gasteiger partial charge is 0.395 e. The number of rotatable bonds is 9. The minimum Gasteiger partial charge on any atom is -0.395 e. The number of hydrogen-bond donors (Lipinski definition) is 2. The molecule has 146 valence electrons. The molecule has 3 aromatic rings. The van der Waals surface area contributed by atoms with Gasteiger partial charge in [-0.05, 0) is 30.3 Å². The van der Waals surface area contributed by atoms with Crippen LogP contribution in [0.15, 0.2) is 91.0 Å². The van der Waals surface area contributed by atoms with Crippen LogP contribution in [0, 0.1) is 0 Å². The SMILES string of the molecule is CCN(C)CC(CO)NC(c1ccccc1)(c1ccccc1)c1ccccc1. The second-order valence-electron chi connectivity index (χ2n) is 7.23. The Balaban J connectivity index is 2.19. The molecule has 1 unspecified atom stereocenters. The molecule has 0 spiro atoms. The number of nitrogens with one attached hydrogen (secondary N) is 1. The zero-order valence-electron chi connectivity index (χ0n) is 16.8. The zero-order chi connectivity index (χ0) is 19.8. The minimum absolute atomic E-state index is 0.0680. The van der Waals surface area contributed by atoms with Crippen LogP contribution in [0.25, 0.3) is 0 Å². The van der Waals surface area contributed by atoms with E-state index in [1.165, 1.54) is 0 Å². The van der Waals surface area contributed by atoms with Crippen LogP contribution in [0.4, 0.5) is 0 Å². The van der Waals surface area contributed by atoms with Gasteiger partial charge in [-0.1, -0.05) is 97.9 Å². The lowest BCUT2D eigenvalue weighted by Gasteiger charge is -2.40. The summed E-state index contributed by atoms with van der Waals surface area (Å²) in [6, 6.07) is 31.4. The van der Waals surface area contributed by atoms with E-state index in [9.17, 15) is 5.11 Å². The van der Waals surface area contributed by atoms with E-state index in [4.69, 9.17) is 0 Å². The van der Waals surface area contributed by atoms with Gasteiger partial charge in [-0.25, -0.2) is 0 Å². The molecule has 0 bridgehead atoms. The first kappa shape index (κ1) is 20.3. The van der Waals surface area contributed by atoms with E-state index in [0.29, 0.717) is 0 Å². The molecule has 3 nitrogen and oxygen atoms in total. The van der Waals surface area contributed by atoms with Gasteiger partial charge >= 0.3 is 0 Å². The molecule has 0 aromatic heterocycles. The van der Waals surface area contributed by atoms with Gasteiger partial charge in [0, 0.05) is 12.6 Å². The second-order valence-corrected chi connectivity index (χ2v) is 7.23. The molecule has 0 amide bonds. The van der Waals surface area contributed by atoms with Gasteiger partial charge in [-0.2, -0.15) is 0 Å². The van der Waals surface area contributed by atoms with Crippen LogP contribution in [0.1, 0.15) is 23.6 Å². The third kappa shape index (κ3) is 4.33. The molecule has 3 aromatic carbocycles. The Morgan fingerprint density at radius 3 is 1.50 bits per heavy atom. The maximum absolute atomic E-state index is 10.2. The molecule has 0 aliphatic carbocycles. The van der Waals surface area contributed by atoms with E-state index in [2.05, 4.69) is 97.0 Å². The summed E-state index contributed by atoms with van der Waals surface area (Å²) in [6.45, 7) is 3.90. The van der Waals surface area contributed by atoms with Gasteiger partial charge in [0.2, 0.25) is 0 Å². The van der Waals surface area contributed by atoms with Gasteiger partial charge in [-0.3, -0.25) is 5.32 Å². The fourth-order valence-corrected chi connectivity index (χ4v) is 3.77. The van der Waals surface area contributed by atoms with Gasteiger partial charge in [-0.15, -0.1) is 0 Å². The van der Waals surface area contributed by atoms with Crippen molar-refractivity contribution in [2.75, 3.05) is 26.7 Å². The number of benzene rings is 3. The van der Waals surface area contributed by atoms with Crippen LogP contribution in [0.5, 0.6) is 0 Å². The van der Waals surface area contributed by atoms with Crippen molar-refractivity contribution in [1.29, 1.82) is 0 Å². The lowest BCUT2D eigenvalue weighted by molar-refractivity contribution is 0.184. The van der Waals surface area contributed by atoms with Crippen molar-refractivity contribution in [3.05, 3.63) is 108 Å². The van der Waals surface area contributed by atoms with E-state index in [1.807, 2.05) is 18.2 Å². The van der Waals surface area contributed by atoms with Gasteiger partial charge in [0.25, 0.3) is 0 Å². The molecule has 0 saturated carbocycles. The Morgan fingerprint density at radius 2 is 1.18 bits per heavy atom. The summed E-state index contributed by atoms with van der Waals surface area (Å²) in [4.78, 5) is 2.22. The predicted molar refractivity (Wildman–Crippen MR) is 116 cm³/mol. The van der Waals surface area contributed by atoms with Gasteiger partial charge < -0.3 is 10.0 Å². The Hall–Kier alpha value is -2.46. The Morgan fingerprint density at radius 1 is 0.786 bits per heavy atom. The molecule has 0 radical (unpaired) electrons. The molecule has 0 heterocycles. The number of nitrogens with zero attached hydrogens (tertiary/aromatic N) is 1. The summed E-state index contributed by atoms with van der Waals surface area (Å²) < 4.78 is 0. The van der Waals surface area contributed by atoms with E-state index in [0.717, 1.165) is 29.8 Å². The fourth-order valence-electron chi connectivity index (χ4n) is 3.77. The normalized spacial score (nSPS) is 12.9. The molecule has 0 saturated heterocycles. The summed E-state index contributed by atoms with van der Waals surface area (Å²) >= 11 is 0. The van der Waals surface area contributed by atoms with Gasteiger partial charge in [0.15, 0.2) is 0 Å². The average molecular weight is 375 g/mol. The zero-order valence-corrected chi connectivity index (χ0v) is 16.8. The molecule has 1 atom stereocenters. The Labute approximate surface area is 168 Å². The maximum atomic E-state index is 10.2. The van der Waals surface area contributed by atoms with Crippen molar-refractivity contribution in [2.24, 2.45) is 0 Å². The molecule has 2 N–H and O–H groups in total. The first-order valence-corrected chi connectivity index (χ1v) is 9.94. The van der Waals surface area contributed by atoms with Crippen molar-refractivity contribution < 1.29 is 5.11 Å². The highest BCUT2D eigenvalue weighted by Gasteiger charge is 2.38. The third-order valence-electron chi connectivity index (χ3n) is 5.33. The lowest BCUT2D eigenvalue weighted by Crippen LogP contribution is -2.54. The van der Waals surface area contributed by atoms with E-state index in [-0.39, 0.29) is 12.6 Å². The highest BCUT2D eigenvalue weighted by molar-refractivity contribution is 5.49. The van der Waals surface area contributed by atoms with Gasteiger partial charge in [0.1, 0.15) is 0 Å². The van der Waals surface area contributed by atoms with Crippen molar-refractivity contribution in [3.63, 3.8) is 0 Å². The molecular formula is C25H30N2O. The molecule has 28 heavy (non-hydrogen) atoms. The highest BCUT2D eigenvalue weighted by atomic mass is 16.3. The summed E-state index contributed by atoms with van der Waals surface area (Å²) in [5.41, 5.74) is 2.92. The van der Waals surface area contributed by atoms with Crippen molar-refractivity contribution in [1.82, 2.24) is 10.2 Å². The molecule has 0 fully saturated rings. The van der Waals surface area contributed by atoms with E-state index in [1.54, 1.807) is 0 Å². The quantitative estimate of drug-likeness (QED) is 0.558.